The Morgan fingerprint density at radius 2 is 1.73 bits per heavy atom. The lowest BCUT2D eigenvalue weighted by Gasteiger charge is -2.16. The maximum atomic E-state index is 12.5. The summed E-state index contributed by atoms with van der Waals surface area (Å²) in [6.07, 6.45) is 0.960. The average molecular weight is 319 g/mol. The van der Waals surface area contributed by atoms with E-state index in [1.807, 2.05) is 31.2 Å². The topological polar surface area (TPSA) is 55.4 Å². The van der Waals surface area contributed by atoms with Crippen LogP contribution in [0.1, 0.15) is 31.0 Å². The molecule has 2 rings (SSSR count). The van der Waals surface area contributed by atoms with Gasteiger partial charge in [0.05, 0.1) is 7.11 Å². The number of rotatable bonds is 6. The molecule has 0 heterocycles. The summed E-state index contributed by atoms with van der Waals surface area (Å²) in [7, 11) is -2.18. The molecule has 4 nitrogen and oxygen atoms in total. The van der Waals surface area contributed by atoms with Gasteiger partial charge < -0.3 is 4.74 Å². The Labute approximate surface area is 132 Å². The monoisotopic (exact) mass is 319 g/mol. The Morgan fingerprint density at radius 1 is 1.09 bits per heavy atom. The largest absolute Gasteiger partial charge is 0.495 e. The van der Waals surface area contributed by atoms with E-state index in [1.165, 1.54) is 18.7 Å². The molecule has 0 aliphatic carbocycles. The number of ether oxygens (including phenoxy) is 1. The fourth-order valence-electron chi connectivity index (χ4n) is 2.25. The van der Waals surface area contributed by atoms with Gasteiger partial charge in [-0.1, -0.05) is 43.3 Å². The summed E-state index contributed by atoms with van der Waals surface area (Å²) in [6, 6.07) is 14.2. The molecular weight excluding hydrogens is 298 g/mol. The zero-order valence-electron chi connectivity index (χ0n) is 13.0. The van der Waals surface area contributed by atoms with Crippen LogP contribution < -0.4 is 9.46 Å². The Morgan fingerprint density at radius 3 is 2.32 bits per heavy atom. The molecule has 1 atom stereocenters. The molecule has 0 spiro atoms. The quantitative estimate of drug-likeness (QED) is 0.889. The summed E-state index contributed by atoms with van der Waals surface area (Å²) in [4.78, 5) is 0.148. The number of sulfonamides is 1. The van der Waals surface area contributed by atoms with Crippen LogP contribution in [0.3, 0.4) is 0 Å². The third-order valence-electron chi connectivity index (χ3n) is 3.58. The Balaban J connectivity index is 2.23. The normalized spacial score (nSPS) is 12.9. The van der Waals surface area contributed by atoms with Crippen molar-refractivity contribution in [3.63, 3.8) is 0 Å². The number of para-hydroxylation sites is 1. The second kappa shape index (κ2) is 6.94. The molecule has 0 saturated heterocycles. The number of aryl methyl sites for hydroxylation is 1. The summed E-state index contributed by atoms with van der Waals surface area (Å²) >= 11 is 0. The van der Waals surface area contributed by atoms with Crippen LogP contribution in [-0.2, 0) is 16.4 Å². The Hall–Kier alpha value is -1.85. The Kier molecular flexibility index (Phi) is 5.21. The van der Waals surface area contributed by atoms with Gasteiger partial charge in [-0.15, -0.1) is 0 Å². The first kappa shape index (κ1) is 16.5. The minimum atomic E-state index is -3.64. The SMILES string of the molecule is CCc1ccc([C@@H](C)NS(=O)(=O)c2ccccc2OC)cc1. The molecule has 0 bridgehead atoms. The molecule has 0 saturated carbocycles. The van der Waals surface area contributed by atoms with Crippen molar-refractivity contribution in [1.29, 1.82) is 0 Å². The van der Waals surface area contributed by atoms with Gasteiger partial charge in [0.1, 0.15) is 10.6 Å². The maximum absolute atomic E-state index is 12.5. The summed E-state index contributed by atoms with van der Waals surface area (Å²) < 4.78 is 32.9. The van der Waals surface area contributed by atoms with E-state index in [9.17, 15) is 8.42 Å². The van der Waals surface area contributed by atoms with Crippen molar-refractivity contribution in [3.05, 3.63) is 59.7 Å². The van der Waals surface area contributed by atoms with E-state index in [4.69, 9.17) is 4.74 Å². The van der Waals surface area contributed by atoms with Gasteiger partial charge in [-0.2, -0.15) is 0 Å². The summed E-state index contributed by atoms with van der Waals surface area (Å²) in [6.45, 7) is 3.91. The van der Waals surface area contributed by atoms with Crippen LogP contribution in [0.2, 0.25) is 0 Å². The molecule has 0 aromatic heterocycles. The number of benzene rings is 2. The van der Waals surface area contributed by atoms with Crippen molar-refractivity contribution in [2.75, 3.05) is 7.11 Å². The molecule has 0 aliphatic heterocycles. The lowest BCUT2D eigenvalue weighted by Crippen LogP contribution is -2.27. The third kappa shape index (κ3) is 3.67. The minimum Gasteiger partial charge on any atom is -0.495 e. The molecular formula is C17H21NO3S. The zero-order valence-corrected chi connectivity index (χ0v) is 13.9. The first-order valence-corrected chi connectivity index (χ1v) is 8.70. The highest BCUT2D eigenvalue weighted by atomic mass is 32.2. The van der Waals surface area contributed by atoms with E-state index in [0.717, 1.165) is 12.0 Å². The maximum Gasteiger partial charge on any atom is 0.244 e. The van der Waals surface area contributed by atoms with E-state index in [0.29, 0.717) is 5.75 Å². The van der Waals surface area contributed by atoms with Crippen molar-refractivity contribution >= 4 is 10.0 Å². The average Bonchev–Trinajstić information content (AvgIpc) is 2.54. The molecule has 0 fully saturated rings. The molecule has 22 heavy (non-hydrogen) atoms. The predicted octanol–water partition coefficient (Wildman–Crippen LogP) is 3.30. The highest BCUT2D eigenvalue weighted by Crippen LogP contribution is 2.25. The van der Waals surface area contributed by atoms with Crippen LogP contribution >= 0.6 is 0 Å². The molecule has 0 aliphatic rings. The molecule has 2 aromatic rings. The van der Waals surface area contributed by atoms with Crippen LogP contribution in [0.5, 0.6) is 5.75 Å². The van der Waals surface area contributed by atoms with Crippen LogP contribution in [0, 0.1) is 0 Å². The summed E-state index contributed by atoms with van der Waals surface area (Å²) in [5.74, 6) is 0.337. The van der Waals surface area contributed by atoms with Crippen molar-refractivity contribution in [3.8, 4) is 5.75 Å². The van der Waals surface area contributed by atoms with Crippen molar-refractivity contribution in [2.24, 2.45) is 0 Å². The molecule has 1 N–H and O–H groups in total. The minimum absolute atomic E-state index is 0.148. The lowest BCUT2D eigenvalue weighted by atomic mass is 10.1. The predicted molar refractivity (Wildman–Crippen MR) is 87.6 cm³/mol. The third-order valence-corrected chi connectivity index (χ3v) is 5.16. The lowest BCUT2D eigenvalue weighted by molar-refractivity contribution is 0.402. The second-order valence-corrected chi connectivity index (χ2v) is 6.77. The van der Waals surface area contributed by atoms with Gasteiger partial charge in [-0.25, -0.2) is 13.1 Å². The molecule has 0 amide bonds. The Bertz CT molecular complexity index is 724. The standard InChI is InChI=1S/C17H21NO3S/c1-4-14-9-11-15(12-10-14)13(2)18-22(19,20)17-8-6-5-7-16(17)21-3/h5-13,18H,4H2,1-3H3/t13-/m1/s1. The first-order valence-electron chi connectivity index (χ1n) is 7.22. The molecule has 0 unspecified atom stereocenters. The summed E-state index contributed by atoms with van der Waals surface area (Å²) in [5, 5.41) is 0. The second-order valence-electron chi connectivity index (χ2n) is 5.09. The van der Waals surface area contributed by atoms with Crippen LogP contribution in [0.25, 0.3) is 0 Å². The molecule has 0 radical (unpaired) electrons. The van der Waals surface area contributed by atoms with Gasteiger partial charge in [0.2, 0.25) is 10.0 Å². The number of nitrogens with one attached hydrogen (secondary N) is 1. The number of hydrogen-bond acceptors (Lipinski definition) is 3. The van der Waals surface area contributed by atoms with Gasteiger partial charge in [-0.3, -0.25) is 0 Å². The van der Waals surface area contributed by atoms with Crippen LogP contribution in [0.15, 0.2) is 53.4 Å². The van der Waals surface area contributed by atoms with E-state index < -0.39 is 10.0 Å². The number of methoxy groups -OCH3 is 1. The zero-order chi connectivity index (χ0) is 16.2. The highest BCUT2D eigenvalue weighted by molar-refractivity contribution is 7.89. The smallest absolute Gasteiger partial charge is 0.244 e. The summed E-state index contributed by atoms with van der Waals surface area (Å²) in [5.41, 5.74) is 2.15. The van der Waals surface area contributed by atoms with Crippen molar-refractivity contribution < 1.29 is 13.2 Å². The van der Waals surface area contributed by atoms with E-state index in [-0.39, 0.29) is 10.9 Å². The van der Waals surface area contributed by atoms with E-state index in [2.05, 4.69) is 11.6 Å². The number of hydrogen-bond donors (Lipinski definition) is 1. The van der Waals surface area contributed by atoms with Crippen molar-refractivity contribution in [2.45, 2.75) is 31.2 Å². The van der Waals surface area contributed by atoms with Gasteiger partial charge in [0.25, 0.3) is 0 Å². The first-order chi connectivity index (χ1) is 10.5. The van der Waals surface area contributed by atoms with E-state index in [1.54, 1.807) is 18.2 Å². The van der Waals surface area contributed by atoms with Gasteiger partial charge in [0.15, 0.2) is 0 Å². The highest BCUT2D eigenvalue weighted by Gasteiger charge is 2.21. The fraction of sp³-hybridized carbons (Fsp3) is 0.294. The molecule has 118 valence electrons. The van der Waals surface area contributed by atoms with Gasteiger partial charge in [-0.05, 0) is 36.6 Å². The van der Waals surface area contributed by atoms with Crippen LogP contribution in [0.4, 0.5) is 0 Å². The van der Waals surface area contributed by atoms with E-state index >= 15 is 0 Å². The van der Waals surface area contributed by atoms with Gasteiger partial charge >= 0.3 is 0 Å². The fourth-order valence-corrected chi connectivity index (χ4v) is 3.65. The van der Waals surface area contributed by atoms with Crippen LogP contribution in [-0.4, -0.2) is 15.5 Å². The molecule has 5 heteroatoms. The van der Waals surface area contributed by atoms with Gasteiger partial charge in [0, 0.05) is 6.04 Å². The van der Waals surface area contributed by atoms with Crippen molar-refractivity contribution in [1.82, 2.24) is 4.72 Å². The molecule has 2 aromatic carbocycles.